The zero-order valence-corrected chi connectivity index (χ0v) is 38.2. The van der Waals surface area contributed by atoms with Crippen LogP contribution in [0.15, 0.2) is 207 Å². The summed E-state index contributed by atoms with van der Waals surface area (Å²) >= 11 is 0. The van der Waals surface area contributed by atoms with E-state index in [1.54, 1.807) is 24.3 Å². The van der Waals surface area contributed by atoms with Crippen LogP contribution >= 0.6 is 0 Å². The Labute approximate surface area is 414 Å². The van der Waals surface area contributed by atoms with Crippen LogP contribution in [0, 0.1) is 51.9 Å². The van der Waals surface area contributed by atoms with Crippen LogP contribution in [-0.4, -0.2) is 14.1 Å². The molecule has 0 aliphatic heterocycles. The van der Waals surface area contributed by atoms with E-state index in [1.807, 2.05) is 109 Å². The molecule has 0 spiro atoms. The fraction of sp³-hybridized carbons (Fsp3) is 0. The normalized spacial score (nSPS) is 11.0. The molecule has 330 valence electrons. The maximum Gasteiger partial charge on any atom is 0.187 e. The Morgan fingerprint density at radius 2 is 0.750 bits per heavy atom. The molecule has 3 heterocycles. The Hall–Kier alpha value is -10.8. The van der Waals surface area contributed by atoms with Crippen molar-refractivity contribution in [3.05, 3.63) is 240 Å². The Bertz CT molecular complexity index is 3990. The first-order valence-corrected chi connectivity index (χ1v) is 23.1. The fourth-order valence-electron chi connectivity index (χ4n) is 10.2. The first kappa shape index (κ1) is 42.5. The number of nitrogens with zero attached hydrogens (tertiary/aromatic N) is 8. The number of nitriles is 4. The third-order valence-electron chi connectivity index (χ3n) is 13.5. The fourth-order valence-corrected chi connectivity index (χ4v) is 10.2. The first-order chi connectivity index (χ1) is 35.4. The van der Waals surface area contributed by atoms with Gasteiger partial charge >= 0.3 is 0 Å². The zero-order valence-electron chi connectivity index (χ0n) is 38.2. The molecule has 0 N–H and O–H groups in total. The summed E-state index contributed by atoms with van der Waals surface area (Å²) in [5, 5.41) is 44.6. The molecule has 0 amide bonds. The van der Waals surface area contributed by atoms with E-state index in [0.29, 0.717) is 33.5 Å². The van der Waals surface area contributed by atoms with Crippen molar-refractivity contribution in [3.8, 4) is 91.3 Å². The molecule has 0 bridgehead atoms. The number of fused-ring (bicyclic) bond motifs is 6. The highest BCUT2D eigenvalue weighted by molar-refractivity contribution is 6.14. The highest BCUT2D eigenvalue weighted by Crippen LogP contribution is 2.45. The van der Waals surface area contributed by atoms with Gasteiger partial charge in [0.05, 0.1) is 98.9 Å². The molecule has 0 unspecified atom stereocenters. The average molecular weight is 915 g/mol. The highest BCUT2D eigenvalue weighted by Gasteiger charge is 2.25. The van der Waals surface area contributed by atoms with Crippen LogP contribution in [0.2, 0.25) is 0 Å². The van der Waals surface area contributed by atoms with Crippen molar-refractivity contribution in [3.63, 3.8) is 0 Å². The summed E-state index contributed by atoms with van der Waals surface area (Å²) in [6, 6.07) is 72.9. The van der Waals surface area contributed by atoms with Crippen LogP contribution in [0.1, 0.15) is 22.3 Å². The van der Waals surface area contributed by atoms with Gasteiger partial charge in [-0.3, -0.25) is 4.98 Å². The lowest BCUT2D eigenvalue weighted by Crippen LogP contribution is -2.06. The molecule has 12 aromatic rings. The monoisotopic (exact) mass is 914 g/mol. The minimum absolute atomic E-state index is 0.474. The van der Waals surface area contributed by atoms with Gasteiger partial charge in [0.25, 0.3) is 0 Å². The summed E-state index contributed by atoms with van der Waals surface area (Å²) in [5.41, 5.74) is 16.3. The van der Waals surface area contributed by atoms with Gasteiger partial charge in [0.15, 0.2) is 5.69 Å². The molecule has 0 aliphatic rings. The van der Waals surface area contributed by atoms with Gasteiger partial charge in [-0.05, 0) is 117 Å². The summed E-state index contributed by atoms with van der Waals surface area (Å²) in [5.74, 6) is 0. The molecule has 72 heavy (non-hydrogen) atoms. The summed E-state index contributed by atoms with van der Waals surface area (Å²) in [7, 11) is 0. The third-order valence-corrected chi connectivity index (χ3v) is 13.5. The van der Waals surface area contributed by atoms with Gasteiger partial charge in [0.1, 0.15) is 0 Å². The molecule has 0 fully saturated rings. The Morgan fingerprint density at radius 3 is 1.14 bits per heavy atom. The molecular formula is C64H34N8. The standard InChI is InChI=1S/C64H34N8/c1-69-52-16-7-15-46(29-52)50-21-25-57-56-24-20-49(45-14-6-10-42(28-45)36-67)32-60(56)72(61(57)33-50)63-39-70-38-62(64(63)53-17-3-2-11-51(53)37-68)71-58-30-47(43-12-4-8-40(26-43)34-65)18-22-54(58)55-23-19-48(31-59(55)71)44-13-5-9-41(27-44)35-66/h2-33,38-39H. The molecule has 12 rings (SSSR count). The van der Waals surface area contributed by atoms with Crippen molar-refractivity contribution in [2.75, 3.05) is 0 Å². The van der Waals surface area contributed by atoms with Crippen LogP contribution in [-0.2, 0) is 0 Å². The van der Waals surface area contributed by atoms with Crippen molar-refractivity contribution in [2.45, 2.75) is 0 Å². The van der Waals surface area contributed by atoms with Crippen LogP contribution in [0.3, 0.4) is 0 Å². The number of pyridine rings is 1. The van der Waals surface area contributed by atoms with Crippen molar-refractivity contribution in [1.29, 1.82) is 21.0 Å². The summed E-state index contributed by atoms with van der Waals surface area (Å²) in [6.07, 6.45) is 3.73. The van der Waals surface area contributed by atoms with Crippen LogP contribution in [0.5, 0.6) is 0 Å². The topological polar surface area (TPSA) is 122 Å². The maximum absolute atomic E-state index is 11.0. The van der Waals surface area contributed by atoms with E-state index in [-0.39, 0.29) is 0 Å². The van der Waals surface area contributed by atoms with Gasteiger partial charge in [0.2, 0.25) is 0 Å². The van der Waals surface area contributed by atoms with Crippen LogP contribution in [0.4, 0.5) is 5.69 Å². The van der Waals surface area contributed by atoms with Gasteiger partial charge in [-0.15, -0.1) is 0 Å². The zero-order chi connectivity index (χ0) is 48.9. The third kappa shape index (κ3) is 7.08. The van der Waals surface area contributed by atoms with E-state index in [9.17, 15) is 21.0 Å². The van der Waals surface area contributed by atoms with E-state index >= 15 is 0 Å². The molecule has 8 nitrogen and oxygen atoms in total. The first-order valence-electron chi connectivity index (χ1n) is 23.1. The quantitative estimate of drug-likeness (QED) is 0.147. The molecule has 0 saturated carbocycles. The number of rotatable bonds is 7. The predicted molar refractivity (Wildman–Crippen MR) is 285 cm³/mol. The Morgan fingerprint density at radius 1 is 0.375 bits per heavy atom. The second-order valence-electron chi connectivity index (χ2n) is 17.5. The molecule has 0 saturated heterocycles. The van der Waals surface area contributed by atoms with E-state index < -0.39 is 0 Å². The van der Waals surface area contributed by atoms with Crippen molar-refractivity contribution < 1.29 is 0 Å². The minimum atomic E-state index is 0.474. The molecule has 8 heteroatoms. The molecule has 0 radical (unpaired) electrons. The second kappa shape index (κ2) is 17.4. The number of benzene rings is 9. The molecule has 0 atom stereocenters. The lowest BCUT2D eigenvalue weighted by atomic mass is 9.97. The average Bonchev–Trinajstić information content (AvgIpc) is 3.95. The number of hydrogen-bond acceptors (Lipinski definition) is 5. The number of hydrogen-bond donors (Lipinski definition) is 0. The molecule has 0 aliphatic carbocycles. The highest BCUT2D eigenvalue weighted by atomic mass is 15.0. The largest absolute Gasteiger partial charge is 0.307 e. The van der Waals surface area contributed by atoms with E-state index in [2.05, 4.69) is 111 Å². The van der Waals surface area contributed by atoms with Gasteiger partial charge in [-0.25, -0.2) is 4.85 Å². The molecule has 9 aromatic carbocycles. The number of aromatic nitrogens is 3. The lowest BCUT2D eigenvalue weighted by Gasteiger charge is -2.20. The van der Waals surface area contributed by atoms with Gasteiger partial charge in [-0.2, -0.15) is 21.0 Å². The van der Waals surface area contributed by atoms with Gasteiger partial charge < -0.3 is 9.13 Å². The molecular weight excluding hydrogens is 881 g/mol. The van der Waals surface area contributed by atoms with E-state index in [1.165, 1.54) is 0 Å². The van der Waals surface area contributed by atoms with Crippen molar-refractivity contribution in [1.82, 2.24) is 14.1 Å². The Balaban J connectivity index is 1.23. The van der Waals surface area contributed by atoms with Crippen LogP contribution in [0.25, 0.3) is 115 Å². The Kier molecular flexibility index (Phi) is 10.3. The van der Waals surface area contributed by atoms with Gasteiger partial charge in [-0.1, -0.05) is 121 Å². The lowest BCUT2D eigenvalue weighted by molar-refractivity contribution is 1.09. The molecule has 3 aromatic heterocycles. The second-order valence-corrected chi connectivity index (χ2v) is 17.5. The van der Waals surface area contributed by atoms with Gasteiger partial charge in [0, 0.05) is 32.7 Å². The van der Waals surface area contributed by atoms with E-state index in [0.717, 1.165) is 105 Å². The summed E-state index contributed by atoms with van der Waals surface area (Å²) in [6.45, 7) is 7.78. The summed E-state index contributed by atoms with van der Waals surface area (Å²) in [4.78, 5) is 8.84. The SMILES string of the molecule is [C-]#[N+]c1cccc(-c2ccc3c4ccc(-c5cccc(C#N)c5)cc4n(-c4cncc(-n5c6cc(-c7cccc(C#N)c7)ccc6c6ccc(-c7cccc(C#N)c7)cc65)c4-c4ccccc4C#N)c3c2)c1. The smallest absolute Gasteiger partial charge is 0.187 e. The van der Waals surface area contributed by atoms with Crippen molar-refractivity contribution in [2.24, 2.45) is 0 Å². The minimum Gasteiger partial charge on any atom is -0.307 e. The van der Waals surface area contributed by atoms with Crippen LogP contribution < -0.4 is 0 Å². The maximum atomic E-state index is 11.0. The van der Waals surface area contributed by atoms with E-state index in [4.69, 9.17) is 11.6 Å². The predicted octanol–water partition coefficient (Wildman–Crippen LogP) is 15.6. The van der Waals surface area contributed by atoms with Crippen molar-refractivity contribution >= 4 is 49.3 Å². The summed E-state index contributed by atoms with van der Waals surface area (Å²) < 4.78 is 4.46.